The molecule has 0 saturated heterocycles. The van der Waals surface area contributed by atoms with E-state index >= 15 is 0 Å². The number of aromatic nitrogens is 6. The fourth-order valence-corrected chi connectivity index (χ4v) is 3.05. The van der Waals surface area contributed by atoms with Crippen LogP contribution in [0.5, 0.6) is 5.75 Å². The molecule has 0 unspecified atom stereocenters. The second-order valence-corrected chi connectivity index (χ2v) is 6.57. The van der Waals surface area contributed by atoms with Gasteiger partial charge in [0.15, 0.2) is 0 Å². The minimum atomic E-state index is -0.446. The quantitative estimate of drug-likeness (QED) is 0.509. The number of anilines is 1. The van der Waals surface area contributed by atoms with Crippen LogP contribution >= 0.6 is 0 Å². The predicted octanol–water partition coefficient (Wildman–Crippen LogP) is 1.84. The number of nitrogens with one attached hydrogen (secondary N) is 1. The van der Waals surface area contributed by atoms with E-state index in [4.69, 9.17) is 4.74 Å². The van der Waals surface area contributed by atoms with Crippen LogP contribution in [0.1, 0.15) is 5.82 Å². The number of para-hydroxylation sites is 1. The first-order chi connectivity index (χ1) is 15.0. The predicted molar refractivity (Wildman–Crippen MR) is 113 cm³/mol. The lowest BCUT2D eigenvalue weighted by Crippen LogP contribution is -2.29. The number of carbonyl (C=O) groups is 1. The third kappa shape index (κ3) is 4.32. The monoisotopic (exact) mass is 417 g/mol. The highest BCUT2D eigenvalue weighted by molar-refractivity contribution is 5.89. The zero-order valence-electron chi connectivity index (χ0n) is 16.9. The van der Waals surface area contributed by atoms with Gasteiger partial charge in [0.1, 0.15) is 36.1 Å². The van der Waals surface area contributed by atoms with Crippen LogP contribution in [0.25, 0.3) is 17.1 Å². The zero-order chi connectivity index (χ0) is 21.8. The van der Waals surface area contributed by atoms with Crippen molar-refractivity contribution in [3.05, 3.63) is 77.4 Å². The lowest BCUT2D eigenvalue weighted by Gasteiger charge is -2.10. The number of methoxy groups -OCH3 is 1. The summed E-state index contributed by atoms with van der Waals surface area (Å²) in [5.41, 5.74) is 0.839. The van der Waals surface area contributed by atoms with Gasteiger partial charge >= 0.3 is 0 Å². The number of aryl methyl sites for hydroxylation is 1. The molecule has 0 fully saturated rings. The van der Waals surface area contributed by atoms with Crippen molar-refractivity contribution in [2.24, 2.45) is 0 Å². The van der Waals surface area contributed by atoms with Gasteiger partial charge in [-0.05, 0) is 25.1 Å². The van der Waals surface area contributed by atoms with Crippen molar-refractivity contribution in [1.82, 2.24) is 29.3 Å². The van der Waals surface area contributed by atoms with Crippen molar-refractivity contribution in [3.63, 3.8) is 0 Å². The lowest BCUT2D eigenvalue weighted by atomic mass is 10.1. The molecule has 0 saturated carbocycles. The summed E-state index contributed by atoms with van der Waals surface area (Å²) in [6, 6.07) is 11.9. The highest BCUT2D eigenvalue weighted by atomic mass is 16.5. The Hall–Kier alpha value is -4.34. The first-order valence-electron chi connectivity index (χ1n) is 9.39. The molecule has 156 valence electrons. The van der Waals surface area contributed by atoms with Gasteiger partial charge in [-0.2, -0.15) is 5.10 Å². The summed E-state index contributed by atoms with van der Waals surface area (Å²) in [7, 11) is 1.56. The molecule has 10 nitrogen and oxygen atoms in total. The molecule has 0 aliphatic carbocycles. The molecule has 0 atom stereocenters. The van der Waals surface area contributed by atoms with E-state index in [-0.39, 0.29) is 6.54 Å². The van der Waals surface area contributed by atoms with Gasteiger partial charge in [-0.25, -0.2) is 19.6 Å². The Bertz CT molecular complexity index is 1300. The number of rotatable bonds is 6. The Morgan fingerprint density at radius 2 is 1.97 bits per heavy atom. The van der Waals surface area contributed by atoms with Crippen LogP contribution in [0.2, 0.25) is 0 Å². The molecule has 0 bridgehead atoms. The highest BCUT2D eigenvalue weighted by Gasteiger charge is 2.12. The van der Waals surface area contributed by atoms with E-state index in [9.17, 15) is 9.59 Å². The normalized spacial score (nSPS) is 10.6. The maximum atomic E-state index is 12.6. The van der Waals surface area contributed by atoms with Gasteiger partial charge in [0.2, 0.25) is 5.91 Å². The molecule has 4 rings (SSSR count). The molecule has 0 spiro atoms. The third-order valence-corrected chi connectivity index (χ3v) is 4.54. The van der Waals surface area contributed by atoms with Gasteiger partial charge in [-0.15, -0.1) is 0 Å². The smallest absolute Gasteiger partial charge is 0.267 e. The highest BCUT2D eigenvalue weighted by Crippen LogP contribution is 2.27. The lowest BCUT2D eigenvalue weighted by molar-refractivity contribution is -0.117. The van der Waals surface area contributed by atoms with Gasteiger partial charge in [-0.3, -0.25) is 14.2 Å². The van der Waals surface area contributed by atoms with Crippen molar-refractivity contribution < 1.29 is 9.53 Å². The fourth-order valence-electron chi connectivity index (χ4n) is 3.05. The number of hydrogen-bond donors (Lipinski definition) is 1. The van der Waals surface area contributed by atoms with Gasteiger partial charge in [0.05, 0.1) is 12.8 Å². The second kappa shape index (κ2) is 8.57. The summed E-state index contributed by atoms with van der Waals surface area (Å²) in [4.78, 5) is 37.2. The Balaban J connectivity index is 1.54. The largest absolute Gasteiger partial charge is 0.496 e. The molecule has 1 aromatic carbocycles. The summed E-state index contributed by atoms with van der Waals surface area (Å²) in [6.07, 6.45) is 4.76. The molecule has 4 aromatic rings. The average molecular weight is 417 g/mol. The van der Waals surface area contributed by atoms with Crippen molar-refractivity contribution >= 4 is 11.7 Å². The number of hydrogen-bond acceptors (Lipinski definition) is 7. The van der Waals surface area contributed by atoms with Gasteiger partial charge in [0, 0.05) is 30.1 Å². The molecule has 1 N–H and O–H groups in total. The summed E-state index contributed by atoms with van der Waals surface area (Å²) < 4.78 is 8.21. The number of amides is 1. The summed E-state index contributed by atoms with van der Waals surface area (Å²) >= 11 is 0. The first-order valence-corrected chi connectivity index (χ1v) is 9.39. The van der Waals surface area contributed by atoms with Gasteiger partial charge < -0.3 is 10.1 Å². The van der Waals surface area contributed by atoms with E-state index in [1.807, 2.05) is 25.1 Å². The molecule has 10 heteroatoms. The standard InChI is InChI=1S/C21H19N7O3/c1-14-22-9-10-27(14)19-11-18(23-13-24-19)25-20(29)12-28-21(30)8-7-16(26-28)15-5-3-4-6-17(15)31-2/h3-11,13H,12H2,1-2H3,(H,23,24,25,29). The molecule has 3 aromatic heterocycles. The van der Waals surface area contributed by atoms with Crippen LogP contribution in [0.15, 0.2) is 66.0 Å². The third-order valence-electron chi connectivity index (χ3n) is 4.54. The van der Waals surface area contributed by atoms with Crippen LogP contribution in [-0.4, -0.2) is 42.3 Å². The van der Waals surface area contributed by atoms with Crippen molar-refractivity contribution in [2.75, 3.05) is 12.4 Å². The summed E-state index contributed by atoms with van der Waals surface area (Å²) in [6.45, 7) is 1.57. The van der Waals surface area contributed by atoms with Crippen LogP contribution < -0.4 is 15.6 Å². The Kier molecular flexibility index (Phi) is 5.52. The van der Waals surface area contributed by atoms with Crippen molar-refractivity contribution in [2.45, 2.75) is 13.5 Å². The van der Waals surface area contributed by atoms with Gasteiger partial charge in [0.25, 0.3) is 5.56 Å². The molecular formula is C21H19N7O3. The van der Waals surface area contributed by atoms with E-state index in [2.05, 4.69) is 25.4 Å². The van der Waals surface area contributed by atoms with Crippen LogP contribution in [-0.2, 0) is 11.3 Å². The van der Waals surface area contributed by atoms with Crippen LogP contribution in [0.4, 0.5) is 5.82 Å². The van der Waals surface area contributed by atoms with E-state index < -0.39 is 11.5 Å². The van der Waals surface area contributed by atoms with Crippen LogP contribution in [0.3, 0.4) is 0 Å². The van der Waals surface area contributed by atoms with E-state index in [1.54, 1.807) is 42.3 Å². The summed E-state index contributed by atoms with van der Waals surface area (Å²) in [5.74, 6) is 1.79. The molecule has 0 aliphatic heterocycles. The molecule has 0 radical (unpaired) electrons. The Labute approximate surface area is 177 Å². The Morgan fingerprint density at radius 3 is 2.74 bits per heavy atom. The summed E-state index contributed by atoms with van der Waals surface area (Å²) in [5, 5.41) is 6.99. The minimum Gasteiger partial charge on any atom is -0.496 e. The average Bonchev–Trinajstić information content (AvgIpc) is 3.21. The van der Waals surface area contributed by atoms with Crippen molar-refractivity contribution in [3.8, 4) is 22.8 Å². The SMILES string of the molecule is COc1ccccc1-c1ccc(=O)n(CC(=O)Nc2cc(-n3ccnc3C)ncn2)n1. The topological polar surface area (TPSA) is 117 Å². The first kappa shape index (κ1) is 20.0. The molecule has 31 heavy (non-hydrogen) atoms. The van der Waals surface area contributed by atoms with E-state index in [0.717, 1.165) is 16.1 Å². The number of benzene rings is 1. The second-order valence-electron chi connectivity index (χ2n) is 6.57. The van der Waals surface area contributed by atoms with Crippen LogP contribution in [0, 0.1) is 6.92 Å². The molecular weight excluding hydrogens is 398 g/mol. The molecule has 1 amide bonds. The Morgan fingerprint density at radius 1 is 1.13 bits per heavy atom. The molecule has 3 heterocycles. The minimum absolute atomic E-state index is 0.273. The maximum Gasteiger partial charge on any atom is 0.267 e. The number of carbonyl (C=O) groups excluding carboxylic acids is 1. The number of imidazole rings is 1. The number of ether oxygens (including phenoxy) is 1. The van der Waals surface area contributed by atoms with Crippen molar-refractivity contribution in [1.29, 1.82) is 0 Å². The van der Waals surface area contributed by atoms with E-state index in [1.165, 1.54) is 12.4 Å². The zero-order valence-corrected chi connectivity index (χ0v) is 16.9. The van der Waals surface area contributed by atoms with E-state index in [0.29, 0.717) is 23.1 Å². The fraction of sp³-hybridized carbons (Fsp3) is 0.143. The maximum absolute atomic E-state index is 12.6. The van der Waals surface area contributed by atoms with Gasteiger partial charge in [-0.1, -0.05) is 12.1 Å². The number of nitrogens with zero attached hydrogens (tertiary/aromatic N) is 6. The molecule has 0 aliphatic rings.